The van der Waals surface area contributed by atoms with Gasteiger partial charge in [-0.05, 0) is 49.3 Å². The number of carbonyl (C=O) groups is 1. The molecule has 0 aliphatic rings. The summed E-state index contributed by atoms with van der Waals surface area (Å²) in [5.41, 5.74) is 3.64. The molecule has 126 valence electrons. The quantitative estimate of drug-likeness (QED) is 0.727. The first-order valence-electron chi connectivity index (χ1n) is 7.89. The zero-order chi connectivity index (χ0) is 16.8. The molecule has 6 nitrogen and oxygen atoms in total. The highest BCUT2D eigenvalue weighted by atomic mass is 32.1. The molecule has 0 unspecified atom stereocenters. The Labute approximate surface area is 141 Å². The Morgan fingerprint density at radius 2 is 2.13 bits per heavy atom. The van der Waals surface area contributed by atoms with Gasteiger partial charge in [0.1, 0.15) is 0 Å². The number of urea groups is 1. The number of hydrogen-bond donors (Lipinski definition) is 3. The summed E-state index contributed by atoms with van der Waals surface area (Å²) in [5.74, 6) is 0. The van der Waals surface area contributed by atoms with E-state index in [9.17, 15) is 4.79 Å². The summed E-state index contributed by atoms with van der Waals surface area (Å²) in [7, 11) is 0. The van der Waals surface area contributed by atoms with Crippen molar-refractivity contribution in [3.63, 3.8) is 0 Å². The van der Waals surface area contributed by atoms with Crippen molar-refractivity contribution in [2.45, 2.75) is 33.7 Å². The van der Waals surface area contributed by atoms with Gasteiger partial charge in [0.2, 0.25) is 0 Å². The number of amides is 2. The first-order chi connectivity index (χ1) is 11.1. The average Bonchev–Trinajstić information content (AvgIpc) is 3.17. The zero-order valence-corrected chi connectivity index (χ0v) is 15.0. The van der Waals surface area contributed by atoms with E-state index in [1.165, 1.54) is 5.56 Å². The largest absolute Gasteiger partial charge is 0.336 e. The van der Waals surface area contributed by atoms with Crippen LogP contribution in [0.1, 0.15) is 36.8 Å². The molecule has 2 rings (SSSR count). The van der Waals surface area contributed by atoms with E-state index in [2.05, 4.69) is 56.4 Å². The van der Waals surface area contributed by atoms with Crippen molar-refractivity contribution >= 4 is 23.1 Å². The van der Waals surface area contributed by atoms with Crippen LogP contribution < -0.4 is 10.6 Å². The molecule has 2 amide bonds. The average molecular weight is 335 g/mol. The third-order valence-electron chi connectivity index (χ3n) is 4.00. The molecule has 0 fully saturated rings. The summed E-state index contributed by atoms with van der Waals surface area (Å²) < 4.78 is 0. The maximum Gasteiger partial charge on any atom is 0.319 e. The van der Waals surface area contributed by atoms with Gasteiger partial charge in [-0.15, -0.1) is 0 Å². The van der Waals surface area contributed by atoms with Gasteiger partial charge < -0.3 is 10.6 Å². The molecule has 23 heavy (non-hydrogen) atoms. The van der Waals surface area contributed by atoms with E-state index in [1.54, 1.807) is 11.3 Å². The number of aromatic nitrogens is 2. The highest BCUT2D eigenvalue weighted by molar-refractivity contribution is 7.07. The molecule has 0 aromatic carbocycles. The minimum Gasteiger partial charge on any atom is -0.336 e. The third-order valence-corrected chi connectivity index (χ3v) is 4.71. The Morgan fingerprint density at radius 1 is 1.39 bits per heavy atom. The standard InChI is InChI=1S/C16H25N5OS/c1-5-21(6-2)14(13-7-8-23-10-13)9-17-16(22)18-15-11(3)19-20-12(15)4/h7-8,10,14H,5-6,9H2,1-4H3,(H,19,20)(H2,17,18,22)/t14-/m0/s1. The van der Waals surface area contributed by atoms with Crippen molar-refractivity contribution in [1.82, 2.24) is 20.4 Å². The lowest BCUT2D eigenvalue weighted by Gasteiger charge is -2.29. The van der Waals surface area contributed by atoms with Crippen LogP contribution in [0.3, 0.4) is 0 Å². The number of aromatic amines is 1. The number of hydrogen-bond acceptors (Lipinski definition) is 4. The summed E-state index contributed by atoms with van der Waals surface area (Å²) in [5, 5.41) is 17.0. The van der Waals surface area contributed by atoms with E-state index >= 15 is 0 Å². The fourth-order valence-corrected chi connectivity index (χ4v) is 3.38. The van der Waals surface area contributed by atoms with E-state index in [1.807, 2.05) is 13.8 Å². The van der Waals surface area contributed by atoms with Crippen LogP contribution in [0.2, 0.25) is 0 Å². The lowest BCUT2D eigenvalue weighted by atomic mass is 10.1. The van der Waals surface area contributed by atoms with Crippen LogP contribution in [0.25, 0.3) is 0 Å². The maximum absolute atomic E-state index is 12.2. The molecule has 0 spiro atoms. The molecule has 0 radical (unpaired) electrons. The van der Waals surface area contributed by atoms with E-state index < -0.39 is 0 Å². The molecule has 2 aromatic heterocycles. The number of H-pyrrole nitrogens is 1. The molecule has 2 aromatic rings. The fourth-order valence-electron chi connectivity index (χ4n) is 2.67. The second-order valence-corrected chi connectivity index (χ2v) is 6.22. The number of nitrogens with zero attached hydrogens (tertiary/aromatic N) is 2. The number of rotatable bonds is 7. The number of thiophene rings is 1. The van der Waals surface area contributed by atoms with Crippen LogP contribution in [0.4, 0.5) is 10.5 Å². The smallest absolute Gasteiger partial charge is 0.319 e. The van der Waals surface area contributed by atoms with Crippen LogP contribution in [0.5, 0.6) is 0 Å². The molecule has 0 bridgehead atoms. The van der Waals surface area contributed by atoms with Gasteiger partial charge in [-0.3, -0.25) is 10.00 Å². The molecular formula is C16H25N5OS. The van der Waals surface area contributed by atoms with Crippen molar-refractivity contribution in [1.29, 1.82) is 0 Å². The van der Waals surface area contributed by atoms with Gasteiger partial charge >= 0.3 is 6.03 Å². The van der Waals surface area contributed by atoms with Gasteiger partial charge in [0, 0.05) is 6.54 Å². The molecule has 2 heterocycles. The van der Waals surface area contributed by atoms with Crippen LogP contribution in [0.15, 0.2) is 16.8 Å². The van der Waals surface area contributed by atoms with Crippen molar-refractivity contribution in [3.05, 3.63) is 33.8 Å². The molecule has 0 saturated carbocycles. The zero-order valence-electron chi connectivity index (χ0n) is 14.1. The van der Waals surface area contributed by atoms with Crippen molar-refractivity contribution in [2.75, 3.05) is 25.0 Å². The lowest BCUT2D eigenvalue weighted by Crippen LogP contribution is -2.39. The van der Waals surface area contributed by atoms with Gasteiger partial charge in [-0.25, -0.2) is 4.79 Å². The highest BCUT2D eigenvalue weighted by Crippen LogP contribution is 2.22. The second-order valence-electron chi connectivity index (χ2n) is 5.44. The summed E-state index contributed by atoms with van der Waals surface area (Å²) in [6.45, 7) is 10.5. The number of aryl methyl sites for hydroxylation is 2. The van der Waals surface area contributed by atoms with Crippen LogP contribution >= 0.6 is 11.3 Å². The number of carbonyl (C=O) groups excluding carboxylic acids is 1. The summed E-state index contributed by atoms with van der Waals surface area (Å²) in [6, 6.07) is 2.11. The van der Waals surface area contributed by atoms with Crippen LogP contribution in [0, 0.1) is 13.8 Å². The minimum atomic E-state index is -0.204. The molecule has 7 heteroatoms. The Kier molecular flexibility index (Phi) is 6.18. The number of nitrogens with one attached hydrogen (secondary N) is 3. The number of likely N-dealkylation sites (N-methyl/N-ethyl adjacent to an activating group) is 1. The first-order valence-corrected chi connectivity index (χ1v) is 8.83. The van der Waals surface area contributed by atoms with Crippen molar-refractivity contribution in [3.8, 4) is 0 Å². The predicted octanol–water partition coefficient (Wildman–Crippen LogP) is 3.29. The Bertz CT molecular complexity index is 599. The number of anilines is 1. The van der Waals surface area contributed by atoms with Crippen molar-refractivity contribution < 1.29 is 4.79 Å². The van der Waals surface area contributed by atoms with Crippen molar-refractivity contribution in [2.24, 2.45) is 0 Å². The van der Waals surface area contributed by atoms with E-state index in [4.69, 9.17) is 0 Å². The lowest BCUT2D eigenvalue weighted by molar-refractivity contribution is 0.210. The topological polar surface area (TPSA) is 73.1 Å². The Hall–Kier alpha value is -1.86. The maximum atomic E-state index is 12.2. The first kappa shape index (κ1) is 17.5. The molecular weight excluding hydrogens is 310 g/mol. The van der Waals surface area contributed by atoms with Gasteiger partial charge in [-0.1, -0.05) is 13.8 Å². The molecule has 1 atom stereocenters. The summed E-state index contributed by atoms with van der Waals surface area (Å²) in [4.78, 5) is 14.6. The third kappa shape index (κ3) is 4.33. The van der Waals surface area contributed by atoms with Crippen LogP contribution in [-0.4, -0.2) is 40.8 Å². The fraction of sp³-hybridized carbons (Fsp3) is 0.500. The van der Waals surface area contributed by atoms with Gasteiger partial charge in [-0.2, -0.15) is 16.4 Å². The molecule has 3 N–H and O–H groups in total. The molecule has 0 aliphatic carbocycles. The molecule has 0 saturated heterocycles. The normalized spacial score (nSPS) is 12.4. The summed E-state index contributed by atoms with van der Waals surface area (Å²) in [6.07, 6.45) is 0. The predicted molar refractivity (Wildman–Crippen MR) is 95.1 cm³/mol. The molecule has 0 aliphatic heterocycles. The van der Waals surface area contributed by atoms with E-state index in [0.717, 1.165) is 30.2 Å². The van der Waals surface area contributed by atoms with E-state index in [-0.39, 0.29) is 12.1 Å². The Morgan fingerprint density at radius 3 is 2.65 bits per heavy atom. The Balaban J connectivity index is 1.99. The van der Waals surface area contributed by atoms with Gasteiger partial charge in [0.25, 0.3) is 0 Å². The van der Waals surface area contributed by atoms with Crippen LogP contribution in [-0.2, 0) is 0 Å². The minimum absolute atomic E-state index is 0.188. The SMILES string of the molecule is CCN(CC)[C@@H](CNC(=O)Nc1c(C)n[nH]c1C)c1ccsc1. The van der Waals surface area contributed by atoms with Gasteiger partial charge in [0.05, 0.1) is 23.1 Å². The monoisotopic (exact) mass is 335 g/mol. The second kappa shape index (κ2) is 8.12. The van der Waals surface area contributed by atoms with E-state index in [0.29, 0.717) is 6.54 Å². The summed E-state index contributed by atoms with van der Waals surface area (Å²) >= 11 is 1.68. The highest BCUT2D eigenvalue weighted by Gasteiger charge is 2.19. The van der Waals surface area contributed by atoms with Gasteiger partial charge in [0.15, 0.2) is 0 Å².